The molecule has 1 saturated carbocycles. The summed E-state index contributed by atoms with van der Waals surface area (Å²) >= 11 is 0. The summed E-state index contributed by atoms with van der Waals surface area (Å²) in [6.07, 6.45) is 0.657. The molecule has 1 amide bonds. The van der Waals surface area contributed by atoms with Crippen LogP contribution < -0.4 is 5.32 Å². The number of nitrogens with one attached hydrogen (secondary N) is 1. The zero-order valence-corrected chi connectivity index (χ0v) is 15.9. The highest BCUT2D eigenvalue weighted by Crippen LogP contribution is 2.47. The van der Waals surface area contributed by atoms with Crippen LogP contribution in [-0.2, 0) is 27.4 Å². The molecule has 6 heteroatoms. The second-order valence-electron chi connectivity index (χ2n) is 6.91. The lowest BCUT2D eigenvalue weighted by Gasteiger charge is -2.08. The van der Waals surface area contributed by atoms with Gasteiger partial charge in [-0.05, 0) is 48.1 Å². The van der Waals surface area contributed by atoms with E-state index in [-0.39, 0.29) is 17.7 Å². The number of amides is 1. The highest BCUT2D eigenvalue weighted by molar-refractivity contribution is 5.82. The van der Waals surface area contributed by atoms with Crippen LogP contribution in [0.3, 0.4) is 0 Å². The van der Waals surface area contributed by atoms with Crippen LogP contribution in [0, 0.1) is 17.6 Å². The molecular weight excluding hydrogens is 364 g/mol. The molecule has 28 heavy (non-hydrogen) atoms. The number of hydrogen-bond donors (Lipinski definition) is 1. The van der Waals surface area contributed by atoms with E-state index in [0.29, 0.717) is 45.0 Å². The average Bonchev–Trinajstić information content (AvgIpc) is 3.49. The van der Waals surface area contributed by atoms with Crippen molar-refractivity contribution in [3.63, 3.8) is 0 Å². The first-order valence-electron chi connectivity index (χ1n) is 9.54. The van der Waals surface area contributed by atoms with Crippen LogP contribution in [0.4, 0.5) is 8.78 Å². The summed E-state index contributed by atoms with van der Waals surface area (Å²) in [4.78, 5) is 12.4. The lowest BCUT2D eigenvalue weighted by Crippen LogP contribution is -2.25. The van der Waals surface area contributed by atoms with Gasteiger partial charge >= 0.3 is 0 Å². The lowest BCUT2D eigenvalue weighted by molar-refractivity contribution is -0.122. The van der Waals surface area contributed by atoms with Crippen LogP contribution in [-0.4, -0.2) is 25.7 Å². The lowest BCUT2D eigenvalue weighted by atomic mass is 10.1. The molecule has 2 aromatic carbocycles. The maximum absolute atomic E-state index is 13.4. The van der Waals surface area contributed by atoms with Gasteiger partial charge in [-0.3, -0.25) is 4.79 Å². The first-order chi connectivity index (χ1) is 13.6. The summed E-state index contributed by atoms with van der Waals surface area (Å²) in [6, 6.07) is 11.7. The summed E-state index contributed by atoms with van der Waals surface area (Å²) in [5, 5.41) is 2.93. The third-order valence-electron chi connectivity index (χ3n) is 4.80. The molecule has 0 spiro atoms. The molecule has 1 aliphatic rings. The Bertz CT molecular complexity index is 812. The number of ether oxygens (including phenoxy) is 2. The van der Waals surface area contributed by atoms with E-state index in [1.165, 1.54) is 6.07 Å². The fourth-order valence-corrected chi connectivity index (χ4v) is 3.20. The Balaban J connectivity index is 1.45. The number of halogens is 2. The van der Waals surface area contributed by atoms with Gasteiger partial charge in [-0.25, -0.2) is 8.78 Å². The summed E-state index contributed by atoms with van der Waals surface area (Å²) < 4.78 is 37.2. The van der Waals surface area contributed by atoms with Gasteiger partial charge in [-0.1, -0.05) is 30.3 Å². The fourth-order valence-electron chi connectivity index (χ4n) is 3.20. The van der Waals surface area contributed by atoms with Gasteiger partial charge in [0.2, 0.25) is 5.91 Å². The SMILES string of the molecule is CCOCCOCc1cccc(CNC(=O)C2CC2c2ccc(F)c(F)c2)c1. The number of benzene rings is 2. The molecule has 0 saturated heterocycles. The Morgan fingerprint density at radius 1 is 1.07 bits per heavy atom. The molecule has 2 atom stereocenters. The van der Waals surface area contributed by atoms with Crippen molar-refractivity contribution in [2.24, 2.45) is 5.92 Å². The monoisotopic (exact) mass is 389 g/mol. The summed E-state index contributed by atoms with van der Waals surface area (Å²) in [7, 11) is 0. The minimum atomic E-state index is -0.871. The number of rotatable bonds is 10. The van der Waals surface area contributed by atoms with E-state index in [1.807, 2.05) is 31.2 Å². The summed E-state index contributed by atoms with van der Waals surface area (Å²) in [5.74, 6) is -2.03. The highest BCUT2D eigenvalue weighted by Gasteiger charge is 2.44. The van der Waals surface area contributed by atoms with Crippen LogP contribution in [0.25, 0.3) is 0 Å². The molecule has 1 N–H and O–H groups in total. The standard InChI is InChI=1S/C22H25F2NO3/c1-2-27-8-9-28-14-16-5-3-4-15(10-16)13-25-22(26)19-12-18(19)17-6-7-20(23)21(24)11-17/h3-7,10-11,18-19H,2,8-9,12-14H2,1H3,(H,25,26). The van der Waals surface area contributed by atoms with Crippen molar-refractivity contribution in [3.05, 3.63) is 70.8 Å². The van der Waals surface area contributed by atoms with Crippen molar-refractivity contribution < 1.29 is 23.0 Å². The van der Waals surface area contributed by atoms with Gasteiger partial charge in [-0.15, -0.1) is 0 Å². The van der Waals surface area contributed by atoms with E-state index in [9.17, 15) is 13.6 Å². The van der Waals surface area contributed by atoms with E-state index in [1.54, 1.807) is 6.07 Å². The summed E-state index contributed by atoms with van der Waals surface area (Å²) in [5.41, 5.74) is 2.70. The highest BCUT2D eigenvalue weighted by atomic mass is 19.2. The van der Waals surface area contributed by atoms with Gasteiger partial charge in [0.05, 0.1) is 19.8 Å². The van der Waals surface area contributed by atoms with Crippen molar-refractivity contribution >= 4 is 5.91 Å². The van der Waals surface area contributed by atoms with Crippen molar-refractivity contribution in [1.29, 1.82) is 0 Å². The van der Waals surface area contributed by atoms with Crippen LogP contribution in [0.2, 0.25) is 0 Å². The normalized spacial score (nSPS) is 18.1. The molecule has 1 fully saturated rings. The molecular formula is C22H25F2NO3. The Kier molecular flexibility index (Phi) is 7.12. The topological polar surface area (TPSA) is 47.6 Å². The Hall–Kier alpha value is -2.31. The molecule has 0 aliphatic heterocycles. The molecule has 3 rings (SSSR count). The van der Waals surface area contributed by atoms with E-state index in [0.717, 1.165) is 17.2 Å². The Morgan fingerprint density at radius 2 is 1.86 bits per heavy atom. The first-order valence-corrected chi connectivity index (χ1v) is 9.54. The number of hydrogen-bond acceptors (Lipinski definition) is 3. The molecule has 150 valence electrons. The predicted octanol–water partition coefficient (Wildman–Crippen LogP) is 3.94. The van der Waals surface area contributed by atoms with E-state index >= 15 is 0 Å². The smallest absolute Gasteiger partial charge is 0.224 e. The summed E-state index contributed by atoms with van der Waals surface area (Å²) in [6.45, 7) is 4.66. The van der Waals surface area contributed by atoms with Crippen molar-refractivity contribution in [2.75, 3.05) is 19.8 Å². The Labute approximate surface area is 163 Å². The molecule has 1 aliphatic carbocycles. The largest absolute Gasteiger partial charge is 0.379 e. The van der Waals surface area contributed by atoms with E-state index < -0.39 is 11.6 Å². The second-order valence-corrected chi connectivity index (χ2v) is 6.91. The molecule has 0 heterocycles. The van der Waals surface area contributed by atoms with Crippen molar-refractivity contribution in [1.82, 2.24) is 5.32 Å². The maximum Gasteiger partial charge on any atom is 0.224 e. The molecule has 0 aromatic heterocycles. The van der Waals surface area contributed by atoms with Gasteiger partial charge in [0, 0.05) is 19.1 Å². The molecule has 4 nitrogen and oxygen atoms in total. The van der Waals surface area contributed by atoms with Gasteiger partial charge < -0.3 is 14.8 Å². The van der Waals surface area contributed by atoms with Crippen molar-refractivity contribution in [2.45, 2.75) is 32.4 Å². The zero-order chi connectivity index (χ0) is 19.9. The second kappa shape index (κ2) is 9.75. The van der Waals surface area contributed by atoms with Gasteiger partial charge in [0.15, 0.2) is 11.6 Å². The van der Waals surface area contributed by atoms with Crippen LogP contribution >= 0.6 is 0 Å². The van der Waals surface area contributed by atoms with Crippen LogP contribution in [0.1, 0.15) is 36.0 Å². The molecule has 0 radical (unpaired) electrons. The minimum Gasteiger partial charge on any atom is -0.379 e. The molecule has 2 aromatic rings. The number of carbonyl (C=O) groups is 1. The molecule has 2 unspecified atom stereocenters. The van der Waals surface area contributed by atoms with Crippen LogP contribution in [0.5, 0.6) is 0 Å². The average molecular weight is 389 g/mol. The van der Waals surface area contributed by atoms with Crippen LogP contribution in [0.15, 0.2) is 42.5 Å². The maximum atomic E-state index is 13.4. The minimum absolute atomic E-state index is 0.0415. The fraction of sp³-hybridized carbons (Fsp3) is 0.409. The predicted molar refractivity (Wildman–Crippen MR) is 102 cm³/mol. The van der Waals surface area contributed by atoms with E-state index in [4.69, 9.17) is 9.47 Å². The van der Waals surface area contributed by atoms with E-state index in [2.05, 4.69) is 5.32 Å². The third-order valence-corrected chi connectivity index (χ3v) is 4.80. The number of carbonyl (C=O) groups excluding carboxylic acids is 1. The quantitative estimate of drug-likeness (QED) is 0.626. The van der Waals surface area contributed by atoms with Gasteiger partial charge in [0.25, 0.3) is 0 Å². The zero-order valence-electron chi connectivity index (χ0n) is 15.9. The molecule has 0 bridgehead atoms. The van der Waals surface area contributed by atoms with Gasteiger partial charge in [0.1, 0.15) is 0 Å². The Morgan fingerprint density at radius 3 is 2.64 bits per heavy atom. The van der Waals surface area contributed by atoms with Gasteiger partial charge in [-0.2, -0.15) is 0 Å². The van der Waals surface area contributed by atoms with Crippen molar-refractivity contribution in [3.8, 4) is 0 Å². The first kappa shape index (κ1) is 20.4. The third kappa shape index (κ3) is 5.59.